The molecular formula is C28H40N4O9S. The van der Waals surface area contributed by atoms with Crippen LogP contribution in [0.15, 0.2) is 29.7 Å². The number of hydrogen-bond acceptors (Lipinski definition) is 10. The summed E-state index contributed by atoms with van der Waals surface area (Å²) < 4.78 is 16.6. The van der Waals surface area contributed by atoms with Gasteiger partial charge in [0, 0.05) is 54.8 Å². The van der Waals surface area contributed by atoms with Crippen LogP contribution in [-0.2, 0) is 9.59 Å². The lowest BCUT2D eigenvalue weighted by Crippen LogP contribution is -2.42. The summed E-state index contributed by atoms with van der Waals surface area (Å²) in [4.78, 5) is 51.1. The van der Waals surface area contributed by atoms with Crippen molar-refractivity contribution in [2.24, 2.45) is 0 Å². The number of methoxy groups -OCH3 is 1. The Morgan fingerprint density at radius 1 is 0.929 bits per heavy atom. The van der Waals surface area contributed by atoms with E-state index in [-0.39, 0.29) is 17.2 Å². The average molecular weight is 609 g/mol. The van der Waals surface area contributed by atoms with Gasteiger partial charge in [0.2, 0.25) is 0 Å². The molecule has 0 saturated heterocycles. The second kappa shape index (κ2) is 18.3. The first kappa shape index (κ1) is 35.9. The molecule has 2 aromatic rings. The molecule has 232 valence electrons. The van der Waals surface area contributed by atoms with Crippen LogP contribution < -0.4 is 24.8 Å². The Labute approximate surface area is 249 Å². The van der Waals surface area contributed by atoms with E-state index in [1.807, 2.05) is 13.8 Å². The van der Waals surface area contributed by atoms with Crippen LogP contribution in [0.2, 0.25) is 0 Å². The number of rotatable bonds is 15. The number of nitrogens with zero attached hydrogens (tertiary/aromatic N) is 2. The number of benzene rings is 1. The summed E-state index contributed by atoms with van der Waals surface area (Å²) in [5, 5.41) is 23.2. The van der Waals surface area contributed by atoms with Crippen molar-refractivity contribution in [1.29, 1.82) is 0 Å². The molecule has 42 heavy (non-hydrogen) atoms. The Kier molecular flexibility index (Phi) is 15.6. The highest BCUT2D eigenvalue weighted by molar-refractivity contribution is 7.14. The van der Waals surface area contributed by atoms with Crippen molar-refractivity contribution in [3.05, 3.63) is 40.9 Å². The summed E-state index contributed by atoms with van der Waals surface area (Å²) in [6, 6.07) is 3.99. The quantitative estimate of drug-likeness (QED) is 0.217. The van der Waals surface area contributed by atoms with Crippen LogP contribution in [-0.4, -0.2) is 89.3 Å². The Balaban J connectivity index is 0.000000962. The summed E-state index contributed by atoms with van der Waals surface area (Å²) in [6.45, 7) is 14.4. The molecule has 0 fully saturated rings. The number of carboxylic acids is 2. The van der Waals surface area contributed by atoms with Crippen LogP contribution in [0.25, 0.3) is 0 Å². The van der Waals surface area contributed by atoms with Crippen molar-refractivity contribution in [3.63, 3.8) is 0 Å². The molecule has 0 spiro atoms. The number of anilines is 1. The van der Waals surface area contributed by atoms with E-state index in [9.17, 15) is 19.2 Å². The van der Waals surface area contributed by atoms with E-state index in [1.165, 1.54) is 18.4 Å². The Bertz CT molecular complexity index is 1200. The standard InChI is InChI=1S/C24H36N4O5S.C4H4O4/c1-8-32-20-12-17(19(31-7)13-21(20)33-9-2)22(29)27-24-26-18(14-34-24)23(30)25-10-11-28(15(3)4)16(5)6;5-3(6)1-2-4(7)8/h12-16H,8-11H2,1-7H3,(H,25,30)(H,26,27,29);1-2H,(H,5,6)(H,7,8)/b;2-1+. The highest BCUT2D eigenvalue weighted by Crippen LogP contribution is 2.35. The number of nitrogens with one attached hydrogen (secondary N) is 2. The topological polar surface area (TPSA) is 177 Å². The van der Waals surface area contributed by atoms with Gasteiger partial charge in [0.1, 0.15) is 11.4 Å². The van der Waals surface area contributed by atoms with E-state index >= 15 is 0 Å². The number of thiazole rings is 1. The van der Waals surface area contributed by atoms with Crippen LogP contribution in [0, 0.1) is 0 Å². The third-order valence-electron chi connectivity index (χ3n) is 5.42. The summed E-state index contributed by atoms with van der Waals surface area (Å²) in [5.41, 5.74) is 0.535. The predicted molar refractivity (Wildman–Crippen MR) is 159 cm³/mol. The van der Waals surface area contributed by atoms with Crippen LogP contribution in [0.5, 0.6) is 17.2 Å². The molecule has 0 aliphatic carbocycles. The zero-order chi connectivity index (χ0) is 31.8. The fraction of sp³-hybridized carbons (Fsp3) is 0.464. The first-order valence-electron chi connectivity index (χ1n) is 13.3. The highest BCUT2D eigenvalue weighted by Gasteiger charge is 2.20. The van der Waals surface area contributed by atoms with Gasteiger partial charge in [-0.1, -0.05) is 0 Å². The minimum atomic E-state index is -1.26. The second-order valence-corrected chi connectivity index (χ2v) is 9.91. The Morgan fingerprint density at radius 2 is 1.48 bits per heavy atom. The van der Waals surface area contributed by atoms with E-state index in [1.54, 1.807) is 17.5 Å². The van der Waals surface area contributed by atoms with Crippen LogP contribution in [0.4, 0.5) is 5.13 Å². The molecule has 4 N–H and O–H groups in total. The number of carboxylic acid groups (broad SMARTS) is 2. The summed E-state index contributed by atoms with van der Waals surface area (Å²) in [5.74, 6) is -1.92. The van der Waals surface area contributed by atoms with Crippen LogP contribution in [0.3, 0.4) is 0 Å². The van der Waals surface area contributed by atoms with Gasteiger partial charge in [-0.2, -0.15) is 0 Å². The van der Waals surface area contributed by atoms with Crippen molar-refractivity contribution >= 4 is 40.2 Å². The predicted octanol–water partition coefficient (Wildman–Crippen LogP) is 3.76. The summed E-state index contributed by atoms with van der Waals surface area (Å²) in [6.07, 6.45) is 1.12. The first-order valence-corrected chi connectivity index (χ1v) is 14.1. The van der Waals surface area contributed by atoms with Crippen molar-refractivity contribution in [2.45, 2.75) is 53.6 Å². The molecule has 0 radical (unpaired) electrons. The minimum absolute atomic E-state index is 0.259. The highest BCUT2D eigenvalue weighted by atomic mass is 32.1. The van der Waals surface area contributed by atoms with E-state index < -0.39 is 17.8 Å². The van der Waals surface area contributed by atoms with Gasteiger partial charge >= 0.3 is 11.9 Å². The van der Waals surface area contributed by atoms with Crippen molar-refractivity contribution in [2.75, 3.05) is 38.7 Å². The largest absolute Gasteiger partial charge is 0.496 e. The fourth-order valence-electron chi connectivity index (χ4n) is 3.67. The maximum absolute atomic E-state index is 12.9. The third-order valence-corrected chi connectivity index (χ3v) is 6.18. The number of amides is 2. The van der Waals surface area contributed by atoms with E-state index in [2.05, 4.69) is 48.2 Å². The van der Waals surface area contributed by atoms with E-state index in [0.29, 0.717) is 66.4 Å². The molecule has 2 amide bonds. The van der Waals surface area contributed by atoms with Gasteiger partial charge in [0.25, 0.3) is 11.8 Å². The van der Waals surface area contributed by atoms with Crippen molar-refractivity contribution < 1.29 is 43.6 Å². The molecule has 0 bridgehead atoms. The molecule has 0 aliphatic rings. The normalized spacial score (nSPS) is 10.8. The van der Waals surface area contributed by atoms with E-state index in [0.717, 1.165) is 6.54 Å². The molecule has 1 aromatic carbocycles. The molecule has 14 heteroatoms. The van der Waals surface area contributed by atoms with Gasteiger partial charge in [-0.05, 0) is 41.5 Å². The Morgan fingerprint density at radius 3 is 1.95 bits per heavy atom. The van der Waals surface area contributed by atoms with E-state index in [4.69, 9.17) is 24.4 Å². The monoisotopic (exact) mass is 608 g/mol. The lowest BCUT2D eigenvalue weighted by atomic mass is 10.1. The Hall–Kier alpha value is -4.17. The lowest BCUT2D eigenvalue weighted by Gasteiger charge is -2.30. The maximum atomic E-state index is 12.9. The van der Waals surface area contributed by atoms with Crippen LogP contribution in [0.1, 0.15) is 62.4 Å². The first-order chi connectivity index (χ1) is 19.8. The van der Waals surface area contributed by atoms with Gasteiger partial charge in [-0.3, -0.25) is 19.8 Å². The number of ether oxygens (including phenoxy) is 3. The molecule has 0 aliphatic heterocycles. The number of carbonyl (C=O) groups excluding carboxylic acids is 2. The SMILES string of the molecule is CCOc1cc(OC)c(C(=O)Nc2nc(C(=O)NCCN(C(C)C)C(C)C)cs2)cc1OCC.O=C(O)/C=C/C(=O)O. The van der Waals surface area contributed by atoms with Gasteiger partial charge in [0.05, 0.1) is 25.9 Å². The van der Waals surface area contributed by atoms with Crippen molar-refractivity contribution in [3.8, 4) is 17.2 Å². The lowest BCUT2D eigenvalue weighted by molar-refractivity contribution is -0.134. The zero-order valence-corrected chi connectivity index (χ0v) is 25.7. The van der Waals surface area contributed by atoms with Gasteiger partial charge in [-0.25, -0.2) is 14.6 Å². The van der Waals surface area contributed by atoms with Gasteiger partial charge in [-0.15, -0.1) is 11.3 Å². The summed E-state index contributed by atoms with van der Waals surface area (Å²) in [7, 11) is 1.48. The van der Waals surface area contributed by atoms with Crippen molar-refractivity contribution in [1.82, 2.24) is 15.2 Å². The van der Waals surface area contributed by atoms with Crippen LogP contribution >= 0.6 is 11.3 Å². The maximum Gasteiger partial charge on any atom is 0.328 e. The second-order valence-electron chi connectivity index (χ2n) is 9.05. The minimum Gasteiger partial charge on any atom is -0.496 e. The number of carbonyl (C=O) groups is 4. The molecular weight excluding hydrogens is 568 g/mol. The molecule has 1 heterocycles. The average Bonchev–Trinajstić information content (AvgIpc) is 3.39. The molecule has 2 rings (SSSR count). The fourth-order valence-corrected chi connectivity index (χ4v) is 4.35. The van der Waals surface area contributed by atoms with Gasteiger partial charge in [0.15, 0.2) is 16.6 Å². The summed E-state index contributed by atoms with van der Waals surface area (Å²) >= 11 is 1.18. The molecule has 0 saturated carbocycles. The number of aromatic nitrogens is 1. The number of aliphatic carboxylic acids is 2. The third kappa shape index (κ3) is 12.1. The van der Waals surface area contributed by atoms with Gasteiger partial charge < -0.3 is 29.7 Å². The number of hydrogen-bond donors (Lipinski definition) is 4. The molecule has 1 aromatic heterocycles. The zero-order valence-electron chi connectivity index (χ0n) is 24.9. The molecule has 0 atom stereocenters. The molecule has 0 unspecified atom stereocenters. The smallest absolute Gasteiger partial charge is 0.328 e. The molecule has 13 nitrogen and oxygen atoms in total.